The molecule has 1 fully saturated rings. The topological polar surface area (TPSA) is 77.1 Å². The fourth-order valence-corrected chi connectivity index (χ4v) is 5.30. The van der Waals surface area contributed by atoms with E-state index in [9.17, 15) is 14.0 Å². The van der Waals surface area contributed by atoms with Crippen molar-refractivity contribution in [2.45, 2.75) is 38.6 Å². The minimum Gasteiger partial charge on any atom is -0.360 e. The Morgan fingerprint density at radius 1 is 1.00 bits per heavy atom. The number of carbonyl (C=O) groups excluding carboxylic acids is 2. The van der Waals surface area contributed by atoms with Gasteiger partial charge in [0, 0.05) is 40.0 Å². The van der Waals surface area contributed by atoms with Crippen LogP contribution in [0.3, 0.4) is 0 Å². The SMILES string of the molecule is Cc1onc(-c2cccc(F)c2)c1C(=O)c1cn(-c2ccccc2)c2cc(C(=O)NC3CCCC3)ccc12. The van der Waals surface area contributed by atoms with E-state index in [1.165, 1.54) is 12.1 Å². The number of benzene rings is 3. The fraction of sp³-hybridized carbons (Fsp3) is 0.194. The maximum atomic E-state index is 14.0. The molecule has 0 saturated heterocycles. The van der Waals surface area contributed by atoms with Crippen molar-refractivity contribution in [2.75, 3.05) is 0 Å². The van der Waals surface area contributed by atoms with Crippen LogP contribution in [0.25, 0.3) is 27.8 Å². The number of hydrogen-bond acceptors (Lipinski definition) is 4. The largest absolute Gasteiger partial charge is 0.360 e. The average molecular weight is 508 g/mol. The van der Waals surface area contributed by atoms with Crippen LogP contribution in [-0.2, 0) is 0 Å². The number of halogens is 1. The molecule has 0 spiro atoms. The van der Waals surface area contributed by atoms with Crippen LogP contribution in [0.4, 0.5) is 4.39 Å². The van der Waals surface area contributed by atoms with Crippen molar-refractivity contribution in [1.29, 1.82) is 0 Å². The Kier molecular flexibility index (Phi) is 6.12. The first-order valence-corrected chi connectivity index (χ1v) is 12.8. The Hall–Kier alpha value is -4.52. The lowest BCUT2D eigenvalue weighted by molar-refractivity contribution is 0.0937. The smallest absolute Gasteiger partial charge is 0.251 e. The molecule has 1 saturated carbocycles. The molecule has 0 unspecified atom stereocenters. The number of para-hydroxylation sites is 1. The molecule has 2 heterocycles. The quantitative estimate of drug-likeness (QED) is 0.262. The van der Waals surface area contributed by atoms with E-state index in [2.05, 4.69) is 10.5 Å². The van der Waals surface area contributed by atoms with Gasteiger partial charge in [0.1, 0.15) is 17.3 Å². The lowest BCUT2D eigenvalue weighted by Crippen LogP contribution is -2.32. The van der Waals surface area contributed by atoms with Gasteiger partial charge >= 0.3 is 0 Å². The van der Waals surface area contributed by atoms with E-state index in [4.69, 9.17) is 4.52 Å². The van der Waals surface area contributed by atoms with Gasteiger partial charge in [0.2, 0.25) is 5.78 Å². The van der Waals surface area contributed by atoms with Crippen LogP contribution in [0, 0.1) is 12.7 Å². The highest BCUT2D eigenvalue weighted by atomic mass is 19.1. The highest BCUT2D eigenvalue weighted by molar-refractivity contribution is 6.19. The van der Waals surface area contributed by atoms with Gasteiger partial charge < -0.3 is 14.4 Å². The zero-order valence-electron chi connectivity index (χ0n) is 20.9. The van der Waals surface area contributed by atoms with Crippen LogP contribution in [0.5, 0.6) is 0 Å². The molecule has 6 rings (SSSR count). The summed E-state index contributed by atoms with van der Waals surface area (Å²) in [4.78, 5) is 27.1. The lowest BCUT2D eigenvalue weighted by atomic mass is 9.97. The summed E-state index contributed by atoms with van der Waals surface area (Å²) in [6, 6.07) is 21.2. The monoisotopic (exact) mass is 507 g/mol. The summed E-state index contributed by atoms with van der Waals surface area (Å²) in [5, 5.41) is 7.92. The van der Waals surface area contributed by atoms with Gasteiger partial charge in [-0.3, -0.25) is 9.59 Å². The van der Waals surface area contributed by atoms with Gasteiger partial charge in [0.15, 0.2) is 0 Å². The molecular formula is C31H26FN3O3. The minimum atomic E-state index is -0.425. The summed E-state index contributed by atoms with van der Waals surface area (Å²) in [7, 11) is 0. The molecule has 3 aromatic carbocycles. The van der Waals surface area contributed by atoms with Crippen LogP contribution in [0.1, 0.15) is 57.7 Å². The van der Waals surface area contributed by atoms with Crippen LogP contribution in [0.2, 0.25) is 0 Å². The third-order valence-electron chi connectivity index (χ3n) is 7.23. The van der Waals surface area contributed by atoms with Crippen molar-refractivity contribution in [3.8, 4) is 16.9 Å². The minimum absolute atomic E-state index is 0.115. The molecule has 0 bridgehead atoms. The van der Waals surface area contributed by atoms with Gasteiger partial charge in [-0.05, 0) is 56.2 Å². The molecule has 190 valence electrons. The second-order valence-corrected chi connectivity index (χ2v) is 9.74. The number of fused-ring (bicyclic) bond motifs is 1. The summed E-state index contributed by atoms with van der Waals surface area (Å²) in [6.45, 7) is 1.67. The van der Waals surface area contributed by atoms with Crippen molar-refractivity contribution in [1.82, 2.24) is 15.0 Å². The summed E-state index contributed by atoms with van der Waals surface area (Å²) >= 11 is 0. The van der Waals surface area contributed by atoms with Gasteiger partial charge in [-0.1, -0.05) is 54.4 Å². The Labute approximate surface area is 219 Å². The number of carbonyl (C=O) groups is 2. The number of aryl methyl sites for hydroxylation is 1. The third kappa shape index (κ3) is 4.30. The second kappa shape index (κ2) is 9.74. The predicted octanol–water partition coefficient (Wildman–Crippen LogP) is 6.64. The first-order valence-electron chi connectivity index (χ1n) is 12.8. The van der Waals surface area contributed by atoms with E-state index in [-0.39, 0.29) is 23.3 Å². The standard InChI is InChI=1S/C31H26FN3O3/c1-19-28(29(34-38-19)20-8-7-9-22(32)16-20)30(36)26-18-35(24-12-3-2-4-13-24)27-17-21(14-15-25(26)27)31(37)33-23-10-5-6-11-23/h2-4,7-9,12-18,23H,5-6,10-11H2,1H3,(H,33,37). The predicted molar refractivity (Wildman–Crippen MR) is 143 cm³/mol. The first-order chi connectivity index (χ1) is 18.5. The van der Waals surface area contributed by atoms with E-state index < -0.39 is 5.82 Å². The van der Waals surface area contributed by atoms with Crippen LogP contribution >= 0.6 is 0 Å². The molecule has 5 aromatic rings. The molecule has 1 aliphatic rings. The molecule has 2 aromatic heterocycles. The van der Waals surface area contributed by atoms with Crippen molar-refractivity contribution in [3.63, 3.8) is 0 Å². The number of aromatic nitrogens is 2. The molecule has 0 aliphatic heterocycles. The zero-order valence-corrected chi connectivity index (χ0v) is 20.9. The molecule has 7 heteroatoms. The fourth-order valence-electron chi connectivity index (χ4n) is 5.30. The highest BCUT2D eigenvalue weighted by Crippen LogP contribution is 2.33. The molecule has 0 radical (unpaired) electrons. The summed E-state index contributed by atoms with van der Waals surface area (Å²) in [5.74, 6) is -0.477. The van der Waals surface area contributed by atoms with Gasteiger partial charge in [0.25, 0.3) is 5.91 Å². The molecule has 1 aliphatic carbocycles. The number of nitrogens with one attached hydrogen (secondary N) is 1. The van der Waals surface area contributed by atoms with Crippen LogP contribution in [-0.4, -0.2) is 27.5 Å². The summed E-state index contributed by atoms with van der Waals surface area (Å²) in [5.41, 5.74) is 3.61. The zero-order chi connectivity index (χ0) is 26.2. The van der Waals surface area contributed by atoms with Gasteiger partial charge in [0.05, 0.1) is 11.1 Å². The second-order valence-electron chi connectivity index (χ2n) is 9.74. The first kappa shape index (κ1) is 23.9. The Balaban J connectivity index is 1.47. The Bertz CT molecular complexity index is 1660. The molecule has 6 nitrogen and oxygen atoms in total. The van der Waals surface area contributed by atoms with E-state index >= 15 is 0 Å². The van der Waals surface area contributed by atoms with Crippen LogP contribution in [0.15, 0.2) is 83.5 Å². The normalized spacial score (nSPS) is 13.7. The number of rotatable bonds is 6. The summed E-state index contributed by atoms with van der Waals surface area (Å²) < 4.78 is 21.3. The third-order valence-corrected chi connectivity index (χ3v) is 7.23. The van der Waals surface area contributed by atoms with Crippen molar-refractivity contribution in [2.24, 2.45) is 0 Å². The molecule has 1 N–H and O–H groups in total. The van der Waals surface area contributed by atoms with Crippen molar-refractivity contribution >= 4 is 22.6 Å². The number of hydrogen-bond donors (Lipinski definition) is 1. The number of amides is 1. The maximum absolute atomic E-state index is 14.0. The lowest BCUT2D eigenvalue weighted by Gasteiger charge is -2.12. The molecule has 38 heavy (non-hydrogen) atoms. The van der Waals surface area contributed by atoms with Crippen LogP contribution < -0.4 is 5.32 Å². The van der Waals surface area contributed by atoms with E-state index in [0.717, 1.165) is 36.9 Å². The van der Waals surface area contributed by atoms with Gasteiger partial charge in [-0.2, -0.15) is 0 Å². The molecular weight excluding hydrogens is 481 g/mol. The summed E-state index contributed by atoms with van der Waals surface area (Å²) in [6.07, 6.45) is 6.04. The highest BCUT2D eigenvalue weighted by Gasteiger charge is 2.27. The Morgan fingerprint density at radius 3 is 2.55 bits per heavy atom. The molecule has 1 amide bonds. The van der Waals surface area contributed by atoms with Gasteiger partial charge in [-0.25, -0.2) is 4.39 Å². The molecule has 0 atom stereocenters. The average Bonchev–Trinajstić information content (AvgIpc) is 3.67. The Morgan fingerprint density at radius 2 is 1.79 bits per heavy atom. The maximum Gasteiger partial charge on any atom is 0.251 e. The van der Waals surface area contributed by atoms with E-state index in [1.54, 1.807) is 31.3 Å². The van der Waals surface area contributed by atoms with Gasteiger partial charge in [-0.15, -0.1) is 0 Å². The van der Waals surface area contributed by atoms with Crippen molar-refractivity contribution < 1.29 is 18.5 Å². The number of nitrogens with zero attached hydrogens (tertiary/aromatic N) is 2. The van der Waals surface area contributed by atoms with E-state index in [1.807, 2.05) is 47.0 Å². The van der Waals surface area contributed by atoms with E-state index in [0.29, 0.717) is 33.5 Å². The number of ketones is 1. The van der Waals surface area contributed by atoms with Crippen molar-refractivity contribution in [3.05, 3.63) is 107 Å².